The highest BCUT2D eigenvalue weighted by Crippen LogP contribution is 2.48. The Balaban J connectivity index is 1.81. The molecule has 0 bridgehead atoms. The minimum absolute atomic E-state index is 0.276. The minimum atomic E-state index is -0.697. The molecule has 1 unspecified atom stereocenters. The summed E-state index contributed by atoms with van der Waals surface area (Å²) in [5.41, 5.74) is 6.43. The summed E-state index contributed by atoms with van der Waals surface area (Å²) in [4.78, 5) is 11.5. The molecule has 104 valence electrons. The summed E-state index contributed by atoms with van der Waals surface area (Å²) in [6.07, 6.45) is 5.77. The molecule has 1 saturated carbocycles. The zero-order valence-electron chi connectivity index (χ0n) is 11.3. The Morgan fingerprint density at radius 1 is 1.26 bits per heavy atom. The van der Waals surface area contributed by atoms with Crippen LogP contribution in [0.15, 0.2) is 30.3 Å². The fourth-order valence-electron chi connectivity index (χ4n) is 2.89. The highest BCUT2D eigenvalue weighted by molar-refractivity contribution is 5.75. The number of carbonyl (C=O) groups is 1. The van der Waals surface area contributed by atoms with Crippen LogP contribution in [0.4, 0.5) is 0 Å². The van der Waals surface area contributed by atoms with E-state index in [1.165, 1.54) is 5.56 Å². The number of benzene rings is 1. The molecule has 0 saturated heterocycles. The van der Waals surface area contributed by atoms with Crippen LogP contribution in [0.3, 0.4) is 0 Å². The third-order valence-electron chi connectivity index (χ3n) is 4.33. The molecule has 0 heterocycles. The van der Waals surface area contributed by atoms with E-state index in [4.69, 9.17) is 5.73 Å². The van der Waals surface area contributed by atoms with Crippen molar-refractivity contribution in [2.24, 2.45) is 17.1 Å². The molecule has 1 fully saturated rings. The molecule has 0 radical (unpaired) electrons. The molecule has 3 N–H and O–H groups in total. The normalized spacial score (nSPS) is 17.9. The summed E-state index contributed by atoms with van der Waals surface area (Å²) < 4.78 is 0. The molecule has 0 aliphatic heterocycles. The van der Waals surface area contributed by atoms with Gasteiger partial charge in [0.2, 0.25) is 0 Å². The SMILES string of the molecule is NCC(CCCCc1ccccc1)(C(=O)O)C1CC1. The van der Waals surface area contributed by atoms with Crippen LogP contribution in [0, 0.1) is 11.3 Å². The van der Waals surface area contributed by atoms with Crippen LogP contribution >= 0.6 is 0 Å². The Kier molecular flexibility index (Phi) is 4.59. The van der Waals surface area contributed by atoms with Crippen molar-refractivity contribution in [3.05, 3.63) is 35.9 Å². The topological polar surface area (TPSA) is 63.3 Å². The van der Waals surface area contributed by atoms with Crippen molar-refractivity contribution in [3.8, 4) is 0 Å². The molecule has 1 aliphatic rings. The Morgan fingerprint density at radius 3 is 2.47 bits per heavy atom. The number of unbranched alkanes of at least 4 members (excludes halogenated alkanes) is 1. The minimum Gasteiger partial charge on any atom is -0.481 e. The Bertz CT molecular complexity index is 414. The summed E-state index contributed by atoms with van der Waals surface area (Å²) in [6.45, 7) is 0.276. The monoisotopic (exact) mass is 261 g/mol. The Morgan fingerprint density at radius 2 is 1.95 bits per heavy atom. The average Bonchev–Trinajstić information content (AvgIpc) is 3.25. The number of aliphatic carboxylic acids is 1. The first-order chi connectivity index (χ1) is 9.19. The van der Waals surface area contributed by atoms with Gasteiger partial charge in [0.1, 0.15) is 0 Å². The van der Waals surface area contributed by atoms with Crippen molar-refractivity contribution in [2.75, 3.05) is 6.54 Å². The van der Waals surface area contributed by atoms with Crippen LogP contribution in [0.1, 0.15) is 37.7 Å². The van der Waals surface area contributed by atoms with Crippen LogP contribution in [-0.2, 0) is 11.2 Å². The van der Waals surface area contributed by atoms with E-state index in [9.17, 15) is 9.90 Å². The molecule has 0 aromatic heterocycles. The lowest BCUT2D eigenvalue weighted by atomic mass is 9.78. The summed E-state index contributed by atoms with van der Waals surface area (Å²) in [6, 6.07) is 10.3. The van der Waals surface area contributed by atoms with Gasteiger partial charge in [-0.05, 0) is 43.6 Å². The zero-order valence-corrected chi connectivity index (χ0v) is 11.3. The summed E-state index contributed by atoms with van der Waals surface area (Å²) >= 11 is 0. The van der Waals surface area contributed by atoms with Gasteiger partial charge in [-0.1, -0.05) is 36.8 Å². The number of aryl methyl sites for hydroxylation is 1. The third-order valence-corrected chi connectivity index (χ3v) is 4.33. The number of hydrogen-bond donors (Lipinski definition) is 2. The number of carboxylic acid groups (broad SMARTS) is 1. The van der Waals surface area contributed by atoms with E-state index in [1.807, 2.05) is 18.2 Å². The second-order valence-electron chi connectivity index (χ2n) is 5.63. The first-order valence-corrected chi connectivity index (χ1v) is 7.16. The number of nitrogens with two attached hydrogens (primary N) is 1. The predicted molar refractivity (Wildman–Crippen MR) is 75.8 cm³/mol. The quantitative estimate of drug-likeness (QED) is 0.707. The first kappa shape index (κ1) is 14.1. The number of hydrogen-bond acceptors (Lipinski definition) is 2. The maximum Gasteiger partial charge on any atom is 0.311 e. The summed E-state index contributed by atoms with van der Waals surface area (Å²) in [5, 5.41) is 9.47. The van der Waals surface area contributed by atoms with Crippen molar-refractivity contribution in [1.29, 1.82) is 0 Å². The van der Waals surface area contributed by atoms with Gasteiger partial charge in [-0.3, -0.25) is 4.79 Å². The van der Waals surface area contributed by atoms with Crippen molar-refractivity contribution < 1.29 is 9.90 Å². The molecule has 1 aliphatic carbocycles. The highest BCUT2D eigenvalue weighted by atomic mass is 16.4. The van der Waals surface area contributed by atoms with Gasteiger partial charge in [0.25, 0.3) is 0 Å². The van der Waals surface area contributed by atoms with Crippen LogP contribution in [-0.4, -0.2) is 17.6 Å². The maximum absolute atomic E-state index is 11.5. The van der Waals surface area contributed by atoms with Gasteiger partial charge in [-0.25, -0.2) is 0 Å². The molecule has 2 rings (SSSR count). The molecule has 0 spiro atoms. The molecule has 1 aromatic rings. The molecule has 3 heteroatoms. The standard InChI is InChI=1S/C16H23NO2/c17-12-16(15(18)19,14-9-10-14)11-5-4-8-13-6-2-1-3-7-13/h1-3,6-7,14H,4-5,8-12,17H2,(H,18,19). The molecule has 19 heavy (non-hydrogen) atoms. The van der Waals surface area contributed by atoms with Crippen LogP contribution in [0.5, 0.6) is 0 Å². The highest BCUT2D eigenvalue weighted by Gasteiger charge is 2.49. The number of rotatable bonds is 8. The second-order valence-corrected chi connectivity index (χ2v) is 5.63. The maximum atomic E-state index is 11.5. The smallest absolute Gasteiger partial charge is 0.311 e. The fraction of sp³-hybridized carbons (Fsp3) is 0.562. The molecule has 3 nitrogen and oxygen atoms in total. The molecular formula is C16H23NO2. The molecule has 1 aromatic carbocycles. The number of carboxylic acids is 1. The van der Waals surface area contributed by atoms with Crippen molar-refractivity contribution >= 4 is 5.97 Å². The van der Waals surface area contributed by atoms with Gasteiger partial charge in [0, 0.05) is 6.54 Å². The lowest BCUT2D eigenvalue weighted by Crippen LogP contribution is -2.40. The predicted octanol–water partition coefficient (Wildman–Crippen LogP) is 2.84. The molecule has 0 amide bonds. The van der Waals surface area contributed by atoms with Crippen molar-refractivity contribution in [3.63, 3.8) is 0 Å². The Labute approximate surface area is 114 Å². The second kappa shape index (κ2) is 6.20. The average molecular weight is 261 g/mol. The molecular weight excluding hydrogens is 238 g/mol. The Hall–Kier alpha value is -1.35. The lowest BCUT2D eigenvalue weighted by molar-refractivity contribution is -0.150. The van der Waals surface area contributed by atoms with Crippen LogP contribution < -0.4 is 5.73 Å². The van der Waals surface area contributed by atoms with E-state index in [0.29, 0.717) is 5.92 Å². The first-order valence-electron chi connectivity index (χ1n) is 7.16. The van der Waals surface area contributed by atoms with E-state index in [-0.39, 0.29) is 6.54 Å². The van der Waals surface area contributed by atoms with Gasteiger partial charge in [0.05, 0.1) is 5.41 Å². The van der Waals surface area contributed by atoms with E-state index in [1.54, 1.807) is 0 Å². The largest absolute Gasteiger partial charge is 0.481 e. The van der Waals surface area contributed by atoms with E-state index in [0.717, 1.165) is 38.5 Å². The van der Waals surface area contributed by atoms with Gasteiger partial charge >= 0.3 is 5.97 Å². The lowest BCUT2D eigenvalue weighted by Gasteiger charge is -2.27. The third kappa shape index (κ3) is 3.35. The van der Waals surface area contributed by atoms with Gasteiger partial charge in [0.15, 0.2) is 0 Å². The van der Waals surface area contributed by atoms with E-state index >= 15 is 0 Å². The van der Waals surface area contributed by atoms with E-state index in [2.05, 4.69) is 12.1 Å². The van der Waals surface area contributed by atoms with Crippen LogP contribution in [0.2, 0.25) is 0 Å². The summed E-state index contributed by atoms with van der Waals surface area (Å²) in [7, 11) is 0. The van der Waals surface area contributed by atoms with Gasteiger partial charge < -0.3 is 10.8 Å². The van der Waals surface area contributed by atoms with Gasteiger partial charge in [-0.2, -0.15) is 0 Å². The van der Waals surface area contributed by atoms with E-state index < -0.39 is 11.4 Å². The molecule has 1 atom stereocenters. The van der Waals surface area contributed by atoms with Crippen molar-refractivity contribution in [2.45, 2.75) is 38.5 Å². The zero-order chi connectivity index (χ0) is 13.7. The van der Waals surface area contributed by atoms with Crippen LogP contribution in [0.25, 0.3) is 0 Å². The fourth-order valence-corrected chi connectivity index (χ4v) is 2.89. The van der Waals surface area contributed by atoms with Gasteiger partial charge in [-0.15, -0.1) is 0 Å². The summed E-state index contributed by atoms with van der Waals surface area (Å²) in [5.74, 6) is -0.385. The van der Waals surface area contributed by atoms with Crippen molar-refractivity contribution in [1.82, 2.24) is 0 Å².